The Bertz CT molecular complexity index is 916. The van der Waals surface area contributed by atoms with E-state index >= 15 is 0 Å². The number of aromatic nitrogens is 2. The second-order valence-corrected chi connectivity index (χ2v) is 7.76. The molecule has 3 aromatic rings. The Labute approximate surface area is 173 Å². The monoisotopic (exact) mass is 387 g/mol. The molecule has 2 heterocycles. The summed E-state index contributed by atoms with van der Waals surface area (Å²) in [4.78, 5) is 11.2. The van der Waals surface area contributed by atoms with E-state index in [0.29, 0.717) is 17.4 Å². The average Bonchev–Trinajstić information content (AvgIpc) is 2.77. The normalized spacial score (nSPS) is 14.7. The fourth-order valence-electron chi connectivity index (χ4n) is 3.99. The van der Waals surface area contributed by atoms with Crippen molar-refractivity contribution in [2.45, 2.75) is 32.6 Å². The second-order valence-electron chi connectivity index (χ2n) is 7.76. The van der Waals surface area contributed by atoms with Crippen LogP contribution in [0.15, 0.2) is 60.9 Å². The highest BCUT2D eigenvalue weighted by atomic mass is 15.2. The Hall–Kier alpha value is -3.08. The van der Waals surface area contributed by atoms with Crippen LogP contribution in [0.1, 0.15) is 30.9 Å². The number of benzene rings is 2. The van der Waals surface area contributed by atoms with Gasteiger partial charge in [-0.25, -0.2) is 9.97 Å². The quantitative estimate of drug-likeness (QED) is 0.634. The molecule has 1 saturated heterocycles. The van der Waals surface area contributed by atoms with Crippen molar-refractivity contribution in [3.8, 4) is 0 Å². The number of nitrogens with two attached hydrogens (primary N) is 1. The van der Waals surface area contributed by atoms with Crippen molar-refractivity contribution in [1.29, 1.82) is 0 Å². The first-order chi connectivity index (χ1) is 14.2. The van der Waals surface area contributed by atoms with Crippen LogP contribution in [0.2, 0.25) is 0 Å². The first-order valence-corrected chi connectivity index (χ1v) is 10.5. The van der Waals surface area contributed by atoms with E-state index in [4.69, 9.17) is 5.73 Å². The molecule has 0 saturated carbocycles. The standard InChI is InChI=1S/C24H29N5/c1-2-18-8-10-21(11-9-18)28-23-22(25)24(27-17-26-23)29-14-12-20(13-15-29)16-19-6-4-3-5-7-19/h3-11,17,20H,2,12-16,25H2,1H3,(H,26,27,28). The minimum absolute atomic E-state index is 0.619. The minimum atomic E-state index is 0.619. The van der Waals surface area contributed by atoms with Crippen LogP contribution in [0.3, 0.4) is 0 Å². The van der Waals surface area contributed by atoms with E-state index in [-0.39, 0.29) is 0 Å². The van der Waals surface area contributed by atoms with Gasteiger partial charge in [0.25, 0.3) is 0 Å². The van der Waals surface area contributed by atoms with Crippen LogP contribution in [0.5, 0.6) is 0 Å². The highest BCUT2D eigenvalue weighted by Crippen LogP contribution is 2.32. The molecule has 3 N–H and O–H groups in total. The van der Waals surface area contributed by atoms with Crippen molar-refractivity contribution in [2.75, 3.05) is 29.0 Å². The number of hydrogen-bond donors (Lipinski definition) is 2. The van der Waals surface area contributed by atoms with E-state index in [0.717, 1.165) is 50.3 Å². The van der Waals surface area contributed by atoms with Crippen LogP contribution in [0.25, 0.3) is 0 Å². The van der Waals surface area contributed by atoms with Crippen LogP contribution in [0, 0.1) is 5.92 Å². The molecule has 5 heteroatoms. The zero-order chi connectivity index (χ0) is 20.1. The number of anilines is 4. The fourth-order valence-corrected chi connectivity index (χ4v) is 3.99. The van der Waals surface area contributed by atoms with Gasteiger partial charge in [-0.2, -0.15) is 0 Å². The van der Waals surface area contributed by atoms with Gasteiger partial charge >= 0.3 is 0 Å². The molecule has 2 aromatic carbocycles. The van der Waals surface area contributed by atoms with Gasteiger partial charge in [-0.15, -0.1) is 0 Å². The smallest absolute Gasteiger partial charge is 0.159 e. The van der Waals surface area contributed by atoms with Crippen molar-refractivity contribution in [3.63, 3.8) is 0 Å². The maximum Gasteiger partial charge on any atom is 0.159 e. The van der Waals surface area contributed by atoms with Crippen molar-refractivity contribution in [2.24, 2.45) is 5.92 Å². The molecule has 1 fully saturated rings. The van der Waals surface area contributed by atoms with Gasteiger partial charge in [0.2, 0.25) is 0 Å². The topological polar surface area (TPSA) is 67.1 Å². The van der Waals surface area contributed by atoms with E-state index in [1.54, 1.807) is 6.33 Å². The van der Waals surface area contributed by atoms with Gasteiger partial charge in [-0.3, -0.25) is 0 Å². The molecule has 0 amide bonds. The first kappa shape index (κ1) is 19.2. The Kier molecular flexibility index (Phi) is 5.94. The molecule has 0 atom stereocenters. The van der Waals surface area contributed by atoms with Crippen molar-refractivity contribution in [3.05, 3.63) is 72.1 Å². The van der Waals surface area contributed by atoms with Gasteiger partial charge in [0.05, 0.1) is 0 Å². The predicted octanol–water partition coefficient (Wildman–Crippen LogP) is 4.82. The molecule has 5 nitrogen and oxygen atoms in total. The van der Waals surface area contributed by atoms with Gasteiger partial charge in [0, 0.05) is 18.8 Å². The molecule has 4 rings (SSSR count). The first-order valence-electron chi connectivity index (χ1n) is 10.5. The van der Waals surface area contributed by atoms with E-state index in [9.17, 15) is 0 Å². The molecule has 1 aromatic heterocycles. The molecule has 150 valence electrons. The maximum atomic E-state index is 6.45. The number of hydrogen-bond acceptors (Lipinski definition) is 5. The van der Waals surface area contributed by atoms with Crippen LogP contribution < -0.4 is 16.0 Å². The Balaban J connectivity index is 1.41. The van der Waals surface area contributed by atoms with Gasteiger partial charge in [-0.05, 0) is 54.9 Å². The zero-order valence-electron chi connectivity index (χ0n) is 17.0. The third kappa shape index (κ3) is 4.67. The number of nitrogen functional groups attached to an aromatic ring is 1. The zero-order valence-corrected chi connectivity index (χ0v) is 17.0. The van der Waals surface area contributed by atoms with Crippen LogP contribution in [-0.4, -0.2) is 23.1 Å². The third-order valence-electron chi connectivity index (χ3n) is 5.77. The van der Waals surface area contributed by atoms with E-state index in [1.807, 2.05) is 0 Å². The summed E-state index contributed by atoms with van der Waals surface area (Å²) in [6.45, 7) is 4.10. The predicted molar refractivity (Wildman–Crippen MR) is 121 cm³/mol. The number of nitrogens with zero attached hydrogens (tertiary/aromatic N) is 3. The highest BCUT2D eigenvalue weighted by molar-refractivity contribution is 5.78. The minimum Gasteiger partial charge on any atom is -0.393 e. The molecule has 1 aliphatic heterocycles. The highest BCUT2D eigenvalue weighted by Gasteiger charge is 2.23. The molecule has 0 radical (unpaired) electrons. The molecule has 0 bridgehead atoms. The summed E-state index contributed by atoms with van der Waals surface area (Å²) in [5.41, 5.74) is 10.8. The lowest BCUT2D eigenvalue weighted by Gasteiger charge is -2.33. The van der Waals surface area contributed by atoms with E-state index < -0.39 is 0 Å². The Morgan fingerprint density at radius 2 is 1.69 bits per heavy atom. The molecule has 1 aliphatic rings. The van der Waals surface area contributed by atoms with Crippen LogP contribution in [-0.2, 0) is 12.8 Å². The lowest BCUT2D eigenvalue weighted by Crippen LogP contribution is -2.35. The Morgan fingerprint density at radius 3 is 2.38 bits per heavy atom. The van der Waals surface area contributed by atoms with Gasteiger partial charge in [0.15, 0.2) is 11.6 Å². The molecular formula is C24H29N5. The number of rotatable bonds is 6. The summed E-state index contributed by atoms with van der Waals surface area (Å²) < 4.78 is 0. The average molecular weight is 388 g/mol. The lowest BCUT2D eigenvalue weighted by molar-refractivity contribution is 0.402. The summed E-state index contributed by atoms with van der Waals surface area (Å²) >= 11 is 0. The SMILES string of the molecule is CCc1ccc(Nc2ncnc(N3CCC(Cc4ccccc4)CC3)c2N)cc1. The largest absolute Gasteiger partial charge is 0.393 e. The van der Waals surface area contributed by atoms with Crippen molar-refractivity contribution in [1.82, 2.24) is 9.97 Å². The number of aryl methyl sites for hydroxylation is 1. The van der Waals surface area contributed by atoms with Gasteiger partial charge < -0.3 is 16.0 Å². The summed E-state index contributed by atoms with van der Waals surface area (Å²) in [6.07, 6.45) is 6.08. The summed E-state index contributed by atoms with van der Waals surface area (Å²) in [5, 5.41) is 3.34. The second kappa shape index (κ2) is 8.95. The molecule has 0 aliphatic carbocycles. The fraction of sp³-hybridized carbons (Fsp3) is 0.333. The molecule has 0 spiro atoms. The molecule has 0 unspecified atom stereocenters. The number of piperidine rings is 1. The van der Waals surface area contributed by atoms with Crippen LogP contribution in [0.4, 0.5) is 23.0 Å². The summed E-state index contributed by atoms with van der Waals surface area (Å²) in [6, 6.07) is 19.1. The number of nitrogens with one attached hydrogen (secondary N) is 1. The third-order valence-corrected chi connectivity index (χ3v) is 5.77. The lowest BCUT2D eigenvalue weighted by atomic mass is 9.90. The summed E-state index contributed by atoms with van der Waals surface area (Å²) in [7, 11) is 0. The molecule has 29 heavy (non-hydrogen) atoms. The molecular weight excluding hydrogens is 358 g/mol. The van der Waals surface area contributed by atoms with Gasteiger partial charge in [0.1, 0.15) is 12.0 Å². The Morgan fingerprint density at radius 1 is 0.966 bits per heavy atom. The van der Waals surface area contributed by atoms with Crippen molar-refractivity contribution < 1.29 is 0 Å². The van der Waals surface area contributed by atoms with E-state index in [2.05, 4.69) is 81.7 Å². The van der Waals surface area contributed by atoms with Crippen molar-refractivity contribution >= 4 is 23.0 Å². The van der Waals surface area contributed by atoms with Crippen LogP contribution >= 0.6 is 0 Å². The van der Waals surface area contributed by atoms with Gasteiger partial charge in [-0.1, -0.05) is 49.4 Å². The summed E-state index contributed by atoms with van der Waals surface area (Å²) in [5.74, 6) is 2.22. The maximum absolute atomic E-state index is 6.45. The van der Waals surface area contributed by atoms with E-state index in [1.165, 1.54) is 11.1 Å².